The van der Waals surface area contributed by atoms with Crippen molar-refractivity contribution < 1.29 is 22.4 Å². The van der Waals surface area contributed by atoms with E-state index in [9.17, 15) is 22.4 Å². The number of nitrogens with one attached hydrogen (secondary N) is 1. The number of aromatic amines is 1. The van der Waals surface area contributed by atoms with Gasteiger partial charge in [-0.05, 0) is 31.9 Å². The SMILES string of the molecule is Cc1[nH]c(C(=O)C(F)(F)C(F)F)c(C)c1C. The Morgan fingerprint density at radius 2 is 1.69 bits per heavy atom. The molecule has 0 aromatic carbocycles. The highest BCUT2D eigenvalue weighted by molar-refractivity contribution is 6.01. The van der Waals surface area contributed by atoms with Crippen molar-refractivity contribution in [3.8, 4) is 0 Å². The van der Waals surface area contributed by atoms with Crippen molar-refractivity contribution in [3.63, 3.8) is 0 Å². The Labute approximate surface area is 89.7 Å². The molecule has 0 fully saturated rings. The van der Waals surface area contributed by atoms with Crippen molar-refractivity contribution in [1.82, 2.24) is 4.98 Å². The van der Waals surface area contributed by atoms with Gasteiger partial charge in [0, 0.05) is 5.69 Å². The van der Waals surface area contributed by atoms with Crippen molar-refractivity contribution in [2.45, 2.75) is 33.1 Å². The summed E-state index contributed by atoms with van der Waals surface area (Å²) in [4.78, 5) is 13.6. The van der Waals surface area contributed by atoms with Gasteiger partial charge >= 0.3 is 12.3 Å². The van der Waals surface area contributed by atoms with Crippen LogP contribution in [-0.2, 0) is 0 Å². The minimum absolute atomic E-state index is 0.280. The first kappa shape index (κ1) is 12.7. The highest BCUT2D eigenvalue weighted by atomic mass is 19.3. The third-order valence-electron chi connectivity index (χ3n) is 2.62. The van der Waals surface area contributed by atoms with Gasteiger partial charge < -0.3 is 4.98 Å². The number of alkyl halides is 4. The van der Waals surface area contributed by atoms with Crippen LogP contribution in [0, 0.1) is 20.8 Å². The minimum Gasteiger partial charge on any atom is -0.356 e. The van der Waals surface area contributed by atoms with Crippen molar-refractivity contribution in [3.05, 3.63) is 22.5 Å². The summed E-state index contributed by atoms with van der Waals surface area (Å²) in [5.74, 6) is -6.51. The largest absolute Gasteiger partial charge is 0.370 e. The summed E-state index contributed by atoms with van der Waals surface area (Å²) in [6.07, 6.45) is -4.00. The quantitative estimate of drug-likeness (QED) is 0.636. The second-order valence-corrected chi connectivity index (χ2v) is 3.63. The Hall–Kier alpha value is -1.33. The number of ketones is 1. The van der Waals surface area contributed by atoms with Crippen molar-refractivity contribution in [1.29, 1.82) is 0 Å². The van der Waals surface area contributed by atoms with Crippen molar-refractivity contribution >= 4 is 5.78 Å². The summed E-state index contributed by atoms with van der Waals surface area (Å²) >= 11 is 0. The van der Waals surface area contributed by atoms with Gasteiger partial charge in [-0.2, -0.15) is 8.78 Å². The lowest BCUT2D eigenvalue weighted by Gasteiger charge is -2.13. The molecule has 0 unspecified atom stereocenters. The van der Waals surface area contributed by atoms with Gasteiger partial charge in [0.15, 0.2) is 0 Å². The molecule has 1 aromatic rings. The number of Topliss-reactive ketones (excluding diaryl/α,β-unsaturated/α-hetero) is 1. The molecular weight excluding hydrogens is 226 g/mol. The van der Waals surface area contributed by atoms with Gasteiger partial charge in [0.1, 0.15) is 0 Å². The Bertz CT molecular complexity index is 423. The van der Waals surface area contributed by atoms with Crippen LogP contribution >= 0.6 is 0 Å². The molecule has 0 aliphatic heterocycles. The molecule has 0 saturated carbocycles. The fraction of sp³-hybridized carbons (Fsp3) is 0.500. The van der Waals surface area contributed by atoms with Crippen LogP contribution in [0.15, 0.2) is 0 Å². The van der Waals surface area contributed by atoms with Crippen LogP contribution < -0.4 is 0 Å². The zero-order valence-corrected chi connectivity index (χ0v) is 9.00. The average Bonchev–Trinajstić information content (AvgIpc) is 2.44. The lowest BCUT2D eigenvalue weighted by molar-refractivity contribution is -0.0960. The first-order valence-corrected chi connectivity index (χ1v) is 4.56. The molecule has 1 aromatic heterocycles. The number of H-pyrrole nitrogens is 1. The molecule has 16 heavy (non-hydrogen) atoms. The molecule has 1 heterocycles. The Balaban J connectivity index is 3.20. The molecule has 0 aliphatic rings. The lowest BCUT2D eigenvalue weighted by Crippen LogP contribution is -2.37. The molecular formula is C10H11F4NO. The maximum Gasteiger partial charge on any atom is 0.370 e. The molecule has 0 spiro atoms. The lowest BCUT2D eigenvalue weighted by atomic mass is 10.1. The van der Waals surface area contributed by atoms with E-state index < -0.39 is 23.8 Å². The van der Waals surface area contributed by atoms with Crippen LogP contribution in [0.25, 0.3) is 0 Å². The smallest absolute Gasteiger partial charge is 0.356 e. The zero-order chi connectivity index (χ0) is 12.7. The molecule has 0 bridgehead atoms. The number of rotatable bonds is 3. The van der Waals surface area contributed by atoms with E-state index in [0.717, 1.165) is 0 Å². The third-order valence-corrected chi connectivity index (χ3v) is 2.62. The normalized spacial score (nSPS) is 12.2. The van der Waals surface area contributed by atoms with Gasteiger partial charge in [-0.15, -0.1) is 0 Å². The van der Waals surface area contributed by atoms with E-state index in [1.165, 1.54) is 6.92 Å². The van der Waals surface area contributed by atoms with Gasteiger partial charge in [-0.25, -0.2) is 8.78 Å². The van der Waals surface area contributed by atoms with Crippen LogP contribution in [0.1, 0.15) is 27.3 Å². The number of carbonyl (C=O) groups excluding carboxylic acids is 1. The van der Waals surface area contributed by atoms with E-state index in [-0.39, 0.29) is 5.56 Å². The summed E-state index contributed by atoms with van der Waals surface area (Å²) in [7, 11) is 0. The third kappa shape index (κ3) is 1.83. The standard InChI is InChI=1S/C10H11F4NO/c1-4-5(2)7(15-6(4)3)8(16)10(13,14)9(11)12/h9,15H,1-3H3. The maximum atomic E-state index is 12.8. The van der Waals surface area contributed by atoms with Crippen LogP contribution in [0.3, 0.4) is 0 Å². The van der Waals surface area contributed by atoms with Gasteiger partial charge in [0.05, 0.1) is 5.69 Å². The van der Waals surface area contributed by atoms with Gasteiger partial charge in [-0.3, -0.25) is 4.79 Å². The molecule has 1 rings (SSSR count). The molecule has 0 radical (unpaired) electrons. The predicted octanol–water partition coefficient (Wildman–Crippen LogP) is 3.02. The first-order chi connectivity index (χ1) is 7.19. The number of hydrogen-bond donors (Lipinski definition) is 1. The highest BCUT2D eigenvalue weighted by Gasteiger charge is 2.50. The molecule has 0 aliphatic carbocycles. The van der Waals surface area contributed by atoms with E-state index in [0.29, 0.717) is 11.3 Å². The number of aryl methyl sites for hydroxylation is 1. The molecule has 2 nitrogen and oxygen atoms in total. The maximum absolute atomic E-state index is 12.8. The predicted molar refractivity (Wildman–Crippen MR) is 50.3 cm³/mol. The Kier molecular flexibility index (Phi) is 3.12. The number of hydrogen-bond acceptors (Lipinski definition) is 1. The summed E-state index contributed by atoms with van der Waals surface area (Å²) in [6.45, 7) is 4.64. The molecule has 1 N–H and O–H groups in total. The number of carbonyl (C=O) groups is 1. The second kappa shape index (κ2) is 3.92. The molecule has 0 amide bonds. The summed E-state index contributed by atoms with van der Waals surface area (Å²) in [5, 5.41) is 0. The van der Waals surface area contributed by atoms with Crippen LogP contribution in [-0.4, -0.2) is 23.1 Å². The van der Waals surface area contributed by atoms with Crippen molar-refractivity contribution in [2.24, 2.45) is 0 Å². The fourth-order valence-electron chi connectivity index (χ4n) is 1.34. The van der Waals surface area contributed by atoms with Gasteiger partial charge in [-0.1, -0.05) is 0 Å². The van der Waals surface area contributed by atoms with Crippen LogP contribution in [0.2, 0.25) is 0 Å². The summed E-state index contributed by atoms with van der Waals surface area (Å²) in [6, 6.07) is 0. The fourth-order valence-corrected chi connectivity index (χ4v) is 1.34. The van der Waals surface area contributed by atoms with Gasteiger partial charge in [0.25, 0.3) is 5.78 Å². The van der Waals surface area contributed by atoms with Crippen LogP contribution in [0.5, 0.6) is 0 Å². The van der Waals surface area contributed by atoms with E-state index in [2.05, 4.69) is 4.98 Å². The molecule has 0 atom stereocenters. The average molecular weight is 237 g/mol. The van der Waals surface area contributed by atoms with Crippen molar-refractivity contribution in [2.75, 3.05) is 0 Å². The summed E-state index contributed by atoms with van der Waals surface area (Å²) in [5.41, 5.74) is 0.974. The summed E-state index contributed by atoms with van der Waals surface area (Å²) < 4.78 is 49.7. The highest BCUT2D eigenvalue weighted by Crippen LogP contribution is 2.29. The van der Waals surface area contributed by atoms with E-state index >= 15 is 0 Å². The molecule has 90 valence electrons. The van der Waals surface area contributed by atoms with Gasteiger partial charge in [0.2, 0.25) is 0 Å². The minimum atomic E-state index is -4.64. The second-order valence-electron chi connectivity index (χ2n) is 3.63. The topological polar surface area (TPSA) is 32.9 Å². The Morgan fingerprint density at radius 3 is 2.00 bits per heavy atom. The molecule has 0 saturated heterocycles. The Morgan fingerprint density at radius 1 is 1.19 bits per heavy atom. The monoisotopic (exact) mass is 237 g/mol. The van der Waals surface area contributed by atoms with Crippen LogP contribution in [0.4, 0.5) is 17.6 Å². The number of aromatic nitrogens is 1. The molecule has 6 heteroatoms. The van der Waals surface area contributed by atoms with E-state index in [1.807, 2.05) is 0 Å². The van der Waals surface area contributed by atoms with E-state index in [4.69, 9.17) is 0 Å². The first-order valence-electron chi connectivity index (χ1n) is 4.56. The zero-order valence-electron chi connectivity index (χ0n) is 9.00. The number of halogens is 4. The van der Waals surface area contributed by atoms with E-state index in [1.54, 1.807) is 13.8 Å².